The van der Waals surface area contributed by atoms with Gasteiger partial charge in [0.2, 0.25) is 11.8 Å². The highest BCUT2D eigenvalue weighted by atomic mass is 16.4. The van der Waals surface area contributed by atoms with Crippen molar-refractivity contribution < 1.29 is 14.8 Å². The molecule has 1 rings (SSSR count). The van der Waals surface area contributed by atoms with Crippen molar-refractivity contribution in [1.29, 1.82) is 0 Å². The van der Waals surface area contributed by atoms with Crippen LogP contribution in [0.5, 0.6) is 0 Å². The number of nitrogens with zero attached hydrogens (tertiary/aromatic N) is 1. The molecule has 0 spiro atoms. The number of oxime groups is 1. The Morgan fingerprint density at radius 3 is 2.39 bits per heavy atom. The fourth-order valence-electron chi connectivity index (χ4n) is 1.71. The average molecular weight is 256 g/mol. The first-order valence-electron chi connectivity index (χ1n) is 5.78. The summed E-state index contributed by atoms with van der Waals surface area (Å²) >= 11 is 0. The average Bonchev–Trinajstić information content (AvgIpc) is 3.15. The van der Waals surface area contributed by atoms with Gasteiger partial charge in [0.15, 0.2) is 5.84 Å². The van der Waals surface area contributed by atoms with Crippen LogP contribution < -0.4 is 16.4 Å². The summed E-state index contributed by atoms with van der Waals surface area (Å²) < 4.78 is 0. The van der Waals surface area contributed by atoms with Crippen molar-refractivity contribution in [3.05, 3.63) is 0 Å². The molecule has 1 fully saturated rings. The number of carbonyl (C=O) groups is 2. The molecule has 0 saturated heterocycles. The van der Waals surface area contributed by atoms with E-state index in [9.17, 15) is 9.59 Å². The zero-order valence-electron chi connectivity index (χ0n) is 10.9. The molecule has 102 valence electrons. The van der Waals surface area contributed by atoms with Gasteiger partial charge in [0.05, 0.1) is 5.41 Å². The highest BCUT2D eigenvalue weighted by molar-refractivity contribution is 6.09. The molecule has 1 saturated carbocycles. The molecule has 18 heavy (non-hydrogen) atoms. The summed E-state index contributed by atoms with van der Waals surface area (Å²) in [5.41, 5.74) is 3.92. The SMILES string of the molecule is CNC(=O)C(C)(C)CNC(=O)C1(C(N)=NO)CC1. The molecular weight excluding hydrogens is 236 g/mol. The lowest BCUT2D eigenvalue weighted by Gasteiger charge is -2.24. The Hall–Kier alpha value is -1.79. The van der Waals surface area contributed by atoms with Gasteiger partial charge < -0.3 is 21.6 Å². The van der Waals surface area contributed by atoms with Crippen molar-refractivity contribution in [1.82, 2.24) is 10.6 Å². The molecule has 7 nitrogen and oxygen atoms in total. The second-order valence-corrected chi connectivity index (χ2v) is 5.21. The number of amidine groups is 1. The fraction of sp³-hybridized carbons (Fsp3) is 0.727. The molecule has 5 N–H and O–H groups in total. The van der Waals surface area contributed by atoms with E-state index in [1.807, 2.05) is 0 Å². The van der Waals surface area contributed by atoms with Crippen molar-refractivity contribution in [3.8, 4) is 0 Å². The summed E-state index contributed by atoms with van der Waals surface area (Å²) in [6.45, 7) is 3.66. The maximum atomic E-state index is 12.0. The van der Waals surface area contributed by atoms with Crippen LogP contribution in [-0.4, -0.2) is 36.4 Å². The highest BCUT2D eigenvalue weighted by Gasteiger charge is 2.54. The maximum Gasteiger partial charge on any atom is 0.233 e. The van der Waals surface area contributed by atoms with Crippen molar-refractivity contribution in [2.24, 2.45) is 21.7 Å². The fourth-order valence-corrected chi connectivity index (χ4v) is 1.71. The second-order valence-electron chi connectivity index (χ2n) is 5.21. The molecule has 0 heterocycles. The number of rotatable bonds is 5. The molecule has 0 bridgehead atoms. The lowest BCUT2D eigenvalue weighted by molar-refractivity contribution is -0.130. The van der Waals surface area contributed by atoms with E-state index in [0.29, 0.717) is 12.8 Å². The summed E-state index contributed by atoms with van der Waals surface area (Å²) in [6.07, 6.45) is 1.13. The van der Waals surface area contributed by atoms with Gasteiger partial charge in [-0.2, -0.15) is 0 Å². The van der Waals surface area contributed by atoms with E-state index in [4.69, 9.17) is 10.9 Å². The minimum Gasteiger partial charge on any atom is -0.409 e. The largest absolute Gasteiger partial charge is 0.409 e. The molecule has 0 aromatic rings. The number of nitrogens with one attached hydrogen (secondary N) is 2. The second kappa shape index (κ2) is 4.83. The summed E-state index contributed by atoms with van der Waals surface area (Å²) in [5.74, 6) is -0.524. The van der Waals surface area contributed by atoms with Gasteiger partial charge >= 0.3 is 0 Å². The van der Waals surface area contributed by atoms with Crippen molar-refractivity contribution >= 4 is 17.6 Å². The summed E-state index contributed by atoms with van der Waals surface area (Å²) in [6, 6.07) is 0. The van der Waals surface area contributed by atoms with E-state index < -0.39 is 10.8 Å². The Labute approximate surface area is 106 Å². The highest BCUT2D eigenvalue weighted by Crippen LogP contribution is 2.46. The van der Waals surface area contributed by atoms with Gasteiger partial charge in [-0.15, -0.1) is 0 Å². The Kier molecular flexibility index (Phi) is 3.83. The molecule has 0 unspecified atom stereocenters. The molecular formula is C11H20N4O3. The summed E-state index contributed by atoms with van der Waals surface area (Å²) in [4.78, 5) is 23.5. The monoisotopic (exact) mass is 256 g/mol. The first-order chi connectivity index (χ1) is 8.30. The Bertz CT molecular complexity index is 386. The van der Waals surface area contributed by atoms with Crippen LogP contribution >= 0.6 is 0 Å². The van der Waals surface area contributed by atoms with Crippen LogP contribution in [0.1, 0.15) is 26.7 Å². The number of hydrogen-bond acceptors (Lipinski definition) is 4. The van der Waals surface area contributed by atoms with Crippen LogP contribution in [0.2, 0.25) is 0 Å². The normalized spacial score (nSPS) is 18.1. The molecule has 0 atom stereocenters. The molecule has 0 aromatic heterocycles. The van der Waals surface area contributed by atoms with Crippen LogP contribution in [0.3, 0.4) is 0 Å². The lowest BCUT2D eigenvalue weighted by atomic mass is 9.92. The topological polar surface area (TPSA) is 117 Å². The maximum absolute atomic E-state index is 12.0. The van der Waals surface area contributed by atoms with E-state index in [2.05, 4.69) is 15.8 Å². The third kappa shape index (κ3) is 2.55. The molecule has 0 aromatic carbocycles. The first-order valence-corrected chi connectivity index (χ1v) is 5.78. The standard InChI is InChI=1S/C11H20N4O3/c1-10(2,8(16)13-3)6-14-9(17)11(4-5-11)7(12)15-18/h18H,4-6H2,1-3H3,(H2,12,15)(H,13,16)(H,14,17). The molecule has 0 radical (unpaired) electrons. The Balaban J connectivity index is 2.60. The predicted molar refractivity (Wildman–Crippen MR) is 65.9 cm³/mol. The van der Waals surface area contributed by atoms with Gasteiger partial charge in [0, 0.05) is 13.6 Å². The minimum absolute atomic E-state index is 0.0715. The first kappa shape index (κ1) is 14.3. The van der Waals surface area contributed by atoms with Gasteiger partial charge in [-0.25, -0.2) is 0 Å². The van der Waals surface area contributed by atoms with Crippen LogP contribution in [0, 0.1) is 10.8 Å². The van der Waals surface area contributed by atoms with Crippen molar-refractivity contribution in [3.63, 3.8) is 0 Å². The van der Waals surface area contributed by atoms with Gasteiger partial charge in [0.25, 0.3) is 0 Å². The molecule has 1 aliphatic carbocycles. The van der Waals surface area contributed by atoms with Crippen molar-refractivity contribution in [2.75, 3.05) is 13.6 Å². The molecule has 1 aliphatic rings. The number of nitrogens with two attached hydrogens (primary N) is 1. The van der Waals surface area contributed by atoms with E-state index >= 15 is 0 Å². The van der Waals surface area contributed by atoms with Crippen LogP contribution in [-0.2, 0) is 9.59 Å². The third-order valence-corrected chi connectivity index (χ3v) is 3.32. The van der Waals surface area contributed by atoms with Gasteiger partial charge in [0.1, 0.15) is 5.41 Å². The quantitative estimate of drug-likeness (QED) is 0.227. The van der Waals surface area contributed by atoms with Gasteiger partial charge in [-0.05, 0) is 26.7 Å². The molecule has 2 amide bonds. The molecule has 7 heteroatoms. The van der Waals surface area contributed by atoms with Gasteiger partial charge in [-0.1, -0.05) is 5.16 Å². The van der Waals surface area contributed by atoms with E-state index in [-0.39, 0.29) is 24.2 Å². The third-order valence-electron chi connectivity index (χ3n) is 3.32. The lowest BCUT2D eigenvalue weighted by Crippen LogP contribution is -2.47. The zero-order chi connectivity index (χ0) is 14.0. The van der Waals surface area contributed by atoms with Gasteiger partial charge in [-0.3, -0.25) is 9.59 Å². The summed E-state index contributed by atoms with van der Waals surface area (Å²) in [5, 5.41) is 16.7. The van der Waals surface area contributed by atoms with E-state index in [0.717, 1.165) is 0 Å². The van der Waals surface area contributed by atoms with Crippen LogP contribution in [0.15, 0.2) is 5.16 Å². The zero-order valence-corrected chi connectivity index (χ0v) is 10.9. The summed E-state index contributed by atoms with van der Waals surface area (Å²) in [7, 11) is 1.55. The number of hydrogen-bond donors (Lipinski definition) is 4. The Morgan fingerprint density at radius 1 is 1.44 bits per heavy atom. The van der Waals surface area contributed by atoms with Crippen molar-refractivity contribution in [2.45, 2.75) is 26.7 Å². The predicted octanol–water partition coefficient (Wildman–Crippen LogP) is -0.599. The number of amides is 2. The van der Waals surface area contributed by atoms with Crippen LogP contribution in [0.4, 0.5) is 0 Å². The smallest absolute Gasteiger partial charge is 0.233 e. The van der Waals surface area contributed by atoms with E-state index in [1.54, 1.807) is 20.9 Å². The Morgan fingerprint density at radius 2 is 2.00 bits per heavy atom. The minimum atomic E-state index is -0.881. The molecule has 0 aliphatic heterocycles. The van der Waals surface area contributed by atoms with Crippen LogP contribution in [0.25, 0.3) is 0 Å². The number of carbonyl (C=O) groups excluding carboxylic acids is 2. The van der Waals surface area contributed by atoms with E-state index in [1.165, 1.54) is 0 Å².